The summed E-state index contributed by atoms with van der Waals surface area (Å²) in [6, 6.07) is 3.45. The van der Waals surface area contributed by atoms with E-state index in [-0.39, 0.29) is 26.0 Å². The van der Waals surface area contributed by atoms with E-state index in [0.717, 1.165) is 55.0 Å². The molecule has 4 atom stereocenters. The van der Waals surface area contributed by atoms with Crippen LogP contribution in [0, 0.1) is 12.8 Å². The molecule has 4 heterocycles. The number of aryl methyl sites for hydroxylation is 2. The minimum atomic E-state index is -4.01. The summed E-state index contributed by atoms with van der Waals surface area (Å²) in [4.78, 5) is 62.8. The lowest BCUT2D eigenvalue weighted by molar-refractivity contribution is -0.142. The van der Waals surface area contributed by atoms with E-state index in [1.165, 1.54) is 11.8 Å². The molecule has 3 aliphatic heterocycles. The predicted octanol–water partition coefficient (Wildman–Crippen LogP) is 5.93. The van der Waals surface area contributed by atoms with Gasteiger partial charge in [-0.2, -0.15) is 0 Å². The first-order chi connectivity index (χ1) is 26.6. The smallest absolute Gasteiger partial charge is 0.407 e. The fraction of sp³-hybridized carbons (Fsp3) is 0.634. The number of alkyl carbamates (subject to hydrolysis) is 1. The van der Waals surface area contributed by atoms with Gasteiger partial charge in [-0.1, -0.05) is 49.4 Å². The zero-order chi connectivity index (χ0) is 39.9. The minimum Gasteiger partial charge on any atom is -0.483 e. The zero-order valence-electron chi connectivity index (χ0n) is 32.6. The van der Waals surface area contributed by atoms with Gasteiger partial charge >= 0.3 is 6.09 Å². The third kappa shape index (κ3) is 8.37. The Labute approximate surface area is 334 Å². The number of pyridine rings is 1. The molecule has 2 aliphatic carbocycles. The molecule has 1 spiro atoms. The molecule has 304 valence electrons. The largest absolute Gasteiger partial charge is 0.483 e. The number of fused-ring (bicyclic) bond motifs is 4. The summed E-state index contributed by atoms with van der Waals surface area (Å²) in [5, 5.41) is 7.17. The third-order valence-electron chi connectivity index (χ3n) is 12.6. The Kier molecular flexibility index (Phi) is 11.4. The zero-order valence-corrected chi connectivity index (χ0v) is 34.2. The van der Waals surface area contributed by atoms with E-state index in [9.17, 15) is 27.6 Å². The van der Waals surface area contributed by atoms with Crippen LogP contribution >= 0.6 is 11.6 Å². The maximum Gasteiger partial charge on any atom is 0.407 e. The summed E-state index contributed by atoms with van der Waals surface area (Å²) < 4.78 is 40.1. The molecule has 0 radical (unpaired) electrons. The van der Waals surface area contributed by atoms with Gasteiger partial charge in [-0.05, 0) is 109 Å². The Hall–Kier alpha value is -3.91. The summed E-state index contributed by atoms with van der Waals surface area (Å²) in [6.45, 7) is 5.29. The Morgan fingerprint density at radius 3 is 2.55 bits per heavy atom. The van der Waals surface area contributed by atoms with Gasteiger partial charge in [0.15, 0.2) is 0 Å². The lowest BCUT2D eigenvalue weighted by atomic mass is 9.87. The Morgan fingerprint density at radius 1 is 1.05 bits per heavy atom. The number of halogens is 1. The molecular weight excluding hydrogens is 758 g/mol. The number of ether oxygens (including phenoxy) is 2. The third-order valence-corrected chi connectivity index (χ3v) is 15.0. The highest BCUT2D eigenvalue weighted by atomic mass is 35.5. The van der Waals surface area contributed by atoms with E-state index >= 15 is 0 Å². The van der Waals surface area contributed by atoms with Gasteiger partial charge in [0.1, 0.15) is 29.0 Å². The topological polar surface area (TPSA) is 173 Å². The standard InChI is InChI=1S/C41H54ClN5O8S/c1-26-34-29(30-22-28(42)15-16-31(30)43-26)17-19-41(55-34)23-33-35(48)45-40(3,37(50)46-56(52,53)39(2)20-21-39)18-11-7-5-4-6-8-14-32(36(49)47(33)25-41)44-38(51)54-24-27-12-9-10-13-27/h7,11,15-16,22,27,32-33H,4-6,8-10,12-14,17-21,23-25H2,1-3H3,(H,44,51)(H,45,48)(H,46,50)/b11-7-/t32-,33-,40+,41+/m0/s1. The van der Waals surface area contributed by atoms with Crippen LogP contribution in [0.4, 0.5) is 4.79 Å². The predicted molar refractivity (Wildman–Crippen MR) is 212 cm³/mol. The molecule has 5 aliphatic rings. The molecule has 13 nitrogen and oxygen atoms in total. The van der Waals surface area contributed by atoms with Gasteiger partial charge in [0.2, 0.25) is 21.8 Å². The summed E-state index contributed by atoms with van der Waals surface area (Å²) in [5.74, 6) is -1.03. The SMILES string of the molecule is Cc1nc2ccc(Cl)cc2c2c1O[C@]1(CC2)C[C@H]2C(=O)N[C@@](C)(C(=O)NS(=O)(=O)C3(C)CC3)C/C=C\CCCCC[C@H](NC(=O)OCC3CCCC3)C(=O)N2C1. The van der Waals surface area contributed by atoms with Crippen molar-refractivity contribution >= 4 is 56.3 Å². The van der Waals surface area contributed by atoms with Crippen LogP contribution in [0.1, 0.15) is 115 Å². The Balaban J connectivity index is 1.21. The van der Waals surface area contributed by atoms with Gasteiger partial charge < -0.3 is 25.0 Å². The highest BCUT2D eigenvalue weighted by Gasteiger charge is 2.55. The summed E-state index contributed by atoms with van der Waals surface area (Å²) in [6.07, 6.45) is 12.5. The monoisotopic (exact) mass is 811 g/mol. The van der Waals surface area contributed by atoms with E-state index < -0.39 is 61.8 Å². The van der Waals surface area contributed by atoms with Gasteiger partial charge in [-0.15, -0.1) is 0 Å². The number of allylic oxidation sites excluding steroid dienone is 1. The first kappa shape index (κ1) is 40.3. The number of hydrogen-bond acceptors (Lipinski definition) is 9. The molecule has 2 aromatic rings. The van der Waals surface area contributed by atoms with Crippen molar-refractivity contribution in [2.75, 3.05) is 13.2 Å². The van der Waals surface area contributed by atoms with Crippen molar-refractivity contribution in [3.8, 4) is 5.75 Å². The van der Waals surface area contributed by atoms with Crippen LogP contribution in [0.3, 0.4) is 0 Å². The van der Waals surface area contributed by atoms with Crippen LogP contribution in [0.15, 0.2) is 30.4 Å². The summed E-state index contributed by atoms with van der Waals surface area (Å²) >= 11 is 6.39. The fourth-order valence-corrected chi connectivity index (χ4v) is 10.2. The van der Waals surface area contributed by atoms with Crippen molar-refractivity contribution < 1.29 is 37.1 Å². The first-order valence-electron chi connectivity index (χ1n) is 20.2. The second kappa shape index (κ2) is 15.8. The van der Waals surface area contributed by atoms with E-state index in [1.54, 1.807) is 19.1 Å². The van der Waals surface area contributed by atoms with Crippen molar-refractivity contribution in [2.24, 2.45) is 5.92 Å². The second-order valence-electron chi connectivity index (χ2n) is 17.1. The van der Waals surface area contributed by atoms with Crippen molar-refractivity contribution in [3.63, 3.8) is 0 Å². The number of carbonyl (C=O) groups is 4. The number of hydrogen-bond donors (Lipinski definition) is 3. The Morgan fingerprint density at radius 2 is 1.80 bits per heavy atom. The van der Waals surface area contributed by atoms with Gasteiger partial charge in [0.05, 0.1) is 29.1 Å². The first-order valence-corrected chi connectivity index (χ1v) is 22.0. The number of aromatic nitrogens is 1. The lowest BCUT2D eigenvalue weighted by Gasteiger charge is -2.36. The number of nitrogens with one attached hydrogen (secondary N) is 3. The van der Waals surface area contributed by atoms with Gasteiger partial charge in [0, 0.05) is 22.4 Å². The summed E-state index contributed by atoms with van der Waals surface area (Å²) in [7, 11) is -4.01. The highest BCUT2D eigenvalue weighted by molar-refractivity contribution is 7.91. The molecule has 3 N–H and O–H groups in total. The average molecular weight is 812 g/mol. The summed E-state index contributed by atoms with van der Waals surface area (Å²) in [5.41, 5.74) is -0.258. The van der Waals surface area contributed by atoms with E-state index in [1.807, 2.05) is 25.1 Å². The van der Waals surface area contributed by atoms with Crippen LogP contribution in [0.5, 0.6) is 5.75 Å². The van der Waals surface area contributed by atoms with E-state index in [2.05, 4.69) is 15.4 Å². The number of carbonyl (C=O) groups excluding carboxylic acids is 4. The molecule has 4 amide bonds. The van der Waals surface area contributed by atoms with Gasteiger partial charge in [0.25, 0.3) is 5.91 Å². The van der Waals surface area contributed by atoms with Crippen molar-refractivity contribution in [2.45, 2.75) is 145 Å². The fourth-order valence-electron chi connectivity index (χ4n) is 8.69. The number of sulfonamides is 1. The van der Waals surface area contributed by atoms with Crippen LogP contribution in [0.25, 0.3) is 10.9 Å². The quantitative estimate of drug-likeness (QED) is 0.299. The molecule has 7 rings (SSSR count). The molecule has 1 saturated heterocycles. The number of amides is 4. The minimum absolute atomic E-state index is 0.0318. The normalized spacial score (nSPS) is 29.0. The molecule has 1 aromatic carbocycles. The molecule has 1 aromatic heterocycles. The number of nitrogens with zero attached hydrogens (tertiary/aromatic N) is 2. The molecule has 2 saturated carbocycles. The van der Waals surface area contributed by atoms with Gasteiger partial charge in [-0.25, -0.2) is 18.2 Å². The van der Waals surface area contributed by atoms with Crippen molar-refractivity contribution in [1.29, 1.82) is 0 Å². The maximum absolute atomic E-state index is 14.8. The van der Waals surface area contributed by atoms with Crippen LogP contribution in [-0.2, 0) is 35.6 Å². The lowest BCUT2D eigenvalue weighted by Crippen LogP contribution is -2.62. The van der Waals surface area contributed by atoms with Crippen LogP contribution in [-0.4, -0.2) is 83.2 Å². The second-order valence-corrected chi connectivity index (χ2v) is 19.7. The molecule has 15 heteroatoms. The van der Waals surface area contributed by atoms with Crippen molar-refractivity contribution in [3.05, 3.63) is 46.6 Å². The number of rotatable bonds is 6. The Bertz CT molecular complexity index is 2030. The van der Waals surface area contributed by atoms with E-state index in [4.69, 9.17) is 26.1 Å². The molecule has 0 unspecified atom stereocenters. The molecule has 3 fully saturated rings. The average Bonchev–Trinajstić information content (AvgIpc) is 3.53. The number of benzene rings is 1. The highest BCUT2D eigenvalue weighted by Crippen LogP contribution is 2.45. The van der Waals surface area contributed by atoms with Crippen molar-refractivity contribution in [1.82, 2.24) is 25.2 Å². The maximum atomic E-state index is 14.8. The molecule has 0 bridgehead atoms. The molecular formula is C41H54ClN5O8S. The van der Waals surface area contributed by atoms with Gasteiger partial charge in [-0.3, -0.25) is 19.1 Å². The van der Waals surface area contributed by atoms with Crippen LogP contribution < -0.4 is 20.1 Å². The molecule has 56 heavy (non-hydrogen) atoms. The van der Waals surface area contributed by atoms with E-state index in [0.29, 0.717) is 67.3 Å². The van der Waals surface area contributed by atoms with Crippen LogP contribution in [0.2, 0.25) is 5.02 Å².